The van der Waals surface area contributed by atoms with Gasteiger partial charge in [-0.3, -0.25) is 4.98 Å². The molecule has 0 spiro atoms. The molecule has 2 aromatic heterocycles. The van der Waals surface area contributed by atoms with Crippen LogP contribution in [0.3, 0.4) is 0 Å². The quantitative estimate of drug-likeness (QED) is 0.271. The van der Waals surface area contributed by atoms with Crippen molar-refractivity contribution in [3.63, 3.8) is 0 Å². The molecule has 1 saturated heterocycles. The van der Waals surface area contributed by atoms with Crippen molar-refractivity contribution in [3.05, 3.63) is 94.4 Å². The highest BCUT2D eigenvalue weighted by Gasteiger charge is 2.43. The monoisotopic (exact) mass is 549 g/mol. The van der Waals surface area contributed by atoms with Crippen molar-refractivity contribution in [2.24, 2.45) is 0 Å². The summed E-state index contributed by atoms with van der Waals surface area (Å²) in [6.07, 6.45) is 1.78. The van der Waals surface area contributed by atoms with E-state index in [9.17, 15) is 0 Å². The van der Waals surface area contributed by atoms with Crippen LogP contribution in [0.15, 0.2) is 81.8 Å². The number of nitrogens with zero attached hydrogens (tertiary/aromatic N) is 2. The highest BCUT2D eigenvalue weighted by molar-refractivity contribution is 9.10. The number of furan rings is 1. The molecule has 2 atom stereocenters. The number of aromatic nitrogens is 1. The molecule has 8 heteroatoms. The van der Waals surface area contributed by atoms with E-state index in [0.717, 1.165) is 32.9 Å². The first kappa shape index (κ1) is 23.4. The van der Waals surface area contributed by atoms with E-state index in [0.29, 0.717) is 16.6 Å². The van der Waals surface area contributed by atoms with Crippen molar-refractivity contribution in [1.82, 2.24) is 10.3 Å². The molecular formula is C27H24BrN3O3S. The van der Waals surface area contributed by atoms with Gasteiger partial charge in [0.2, 0.25) is 0 Å². The van der Waals surface area contributed by atoms with Gasteiger partial charge in [-0.2, -0.15) is 0 Å². The molecule has 0 amide bonds. The molecule has 0 radical (unpaired) electrons. The number of aryl methyl sites for hydroxylation is 1. The predicted octanol–water partition coefficient (Wildman–Crippen LogP) is 6.61. The minimum Gasteiger partial charge on any atom is -0.497 e. The Hall–Kier alpha value is -3.36. The maximum absolute atomic E-state index is 6.49. The summed E-state index contributed by atoms with van der Waals surface area (Å²) >= 11 is 9.51. The molecule has 2 aromatic carbocycles. The van der Waals surface area contributed by atoms with Crippen LogP contribution >= 0.6 is 28.1 Å². The minimum absolute atomic E-state index is 0.236. The van der Waals surface area contributed by atoms with Crippen molar-refractivity contribution in [3.8, 4) is 22.8 Å². The van der Waals surface area contributed by atoms with Crippen molar-refractivity contribution in [1.29, 1.82) is 0 Å². The van der Waals surface area contributed by atoms with Gasteiger partial charge in [-0.25, -0.2) is 0 Å². The number of anilines is 1. The normalized spacial score (nSPS) is 17.4. The summed E-state index contributed by atoms with van der Waals surface area (Å²) in [5.41, 5.74) is 3.79. The zero-order valence-electron chi connectivity index (χ0n) is 19.5. The number of hydrogen-bond donors (Lipinski definition) is 1. The second kappa shape index (κ2) is 9.71. The Balaban J connectivity index is 1.65. The smallest absolute Gasteiger partial charge is 0.174 e. The number of rotatable bonds is 6. The predicted molar refractivity (Wildman–Crippen MR) is 144 cm³/mol. The highest BCUT2D eigenvalue weighted by Crippen LogP contribution is 2.46. The summed E-state index contributed by atoms with van der Waals surface area (Å²) in [6, 6.07) is 21.1. The van der Waals surface area contributed by atoms with E-state index >= 15 is 0 Å². The fourth-order valence-corrected chi connectivity index (χ4v) is 5.39. The summed E-state index contributed by atoms with van der Waals surface area (Å²) in [5.74, 6) is 2.89. The number of benzene rings is 2. The molecule has 0 aliphatic carbocycles. The van der Waals surface area contributed by atoms with Gasteiger partial charge in [0.1, 0.15) is 29.1 Å². The van der Waals surface area contributed by atoms with E-state index in [1.54, 1.807) is 20.4 Å². The van der Waals surface area contributed by atoms with Crippen LogP contribution in [0.4, 0.5) is 5.69 Å². The Morgan fingerprint density at radius 1 is 1.03 bits per heavy atom. The van der Waals surface area contributed by atoms with Gasteiger partial charge < -0.3 is 24.1 Å². The average Bonchev–Trinajstić information content (AvgIpc) is 3.48. The van der Waals surface area contributed by atoms with E-state index in [1.165, 1.54) is 5.56 Å². The van der Waals surface area contributed by atoms with E-state index in [1.807, 2.05) is 53.4 Å². The summed E-state index contributed by atoms with van der Waals surface area (Å²) in [7, 11) is 3.28. The number of halogens is 1. The molecule has 3 heterocycles. The zero-order valence-corrected chi connectivity index (χ0v) is 21.9. The summed E-state index contributed by atoms with van der Waals surface area (Å²) in [5, 5.41) is 4.00. The van der Waals surface area contributed by atoms with Crippen LogP contribution < -0.4 is 19.7 Å². The number of thiocarbonyl (C=S) groups is 1. The Bertz CT molecular complexity index is 1380. The lowest BCUT2D eigenvalue weighted by Gasteiger charge is -2.27. The van der Waals surface area contributed by atoms with Crippen LogP contribution in [0.25, 0.3) is 11.3 Å². The molecule has 1 fully saturated rings. The molecule has 0 unspecified atom stereocenters. The maximum Gasteiger partial charge on any atom is 0.174 e. The minimum atomic E-state index is -0.309. The number of nitrogens with one attached hydrogen (secondary N) is 1. The number of ether oxygens (including phenoxy) is 2. The third-order valence-electron chi connectivity index (χ3n) is 6.05. The lowest BCUT2D eigenvalue weighted by atomic mass is 10.0. The second-order valence-corrected chi connectivity index (χ2v) is 9.46. The Kier molecular flexibility index (Phi) is 6.49. The molecule has 1 aliphatic rings. The van der Waals surface area contributed by atoms with Gasteiger partial charge >= 0.3 is 0 Å². The van der Waals surface area contributed by atoms with Gasteiger partial charge in [0.05, 0.1) is 31.6 Å². The summed E-state index contributed by atoms with van der Waals surface area (Å²) in [6.45, 7) is 2.06. The number of pyridine rings is 1. The van der Waals surface area contributed by atoms with Crippen LogP contribution in [0.1, 0.15) is 29.1 Å². The SMILES string of the molecule is COc1ccc(OC)c(N2C(=S)N[C@@H](c3ccccn3)[C@@H]2c2ccc(-c3ccc(C)cc3Br)o2)c1. The fraction of sp³-hybridized carbons (Fsp3) is 0.185. The largest absolute Gasteiger partial charge is 0.497 e. The van der Waals surface area contributed by atoms with Crippen LogP contribution in [0, 0.1) is 6.92 Å². The van der Waals surface area contributed by atoms with E-state index in [4.69, 9.17) is 26.1 Å². The molecule has 0 bridgehead atoms. The number of methoxy groups -OCH3 is 2. The fourth-order valence-electron chi connectivity index (χ4n) is 4.36. The first-order valence-corrected chi connectivity index (χ1v) is 12.3. The lowest BCUT2D eigenvalue weighted by molar-refractivity contribution is 0.400. The molecule has 5 rings (SSSR count). The molecule has 35 heavy (non-hydrogen) atoms. The Morgan fingerprint density at radius 3 is 2.60 bits per heavy atom. The van der Waals surface area contributed by atoms with Crippen molar-refractivity contribution >= 4 is 38.9 Å². The molecule has 4 aromatic rings. The van der Waals surface area contributed by atoms with Crippen molar-refractivity contribution in [2.75, 3.05) is 19.1 Å². The van der Waals surface area contributed by atoms with Crippen LogP contribution in [-0.2, 0) is 0 Å². The van der Waals surface area contributed by atoms with E-state index in [-0.39, 0.29) is 12.1 Å². The molecule has 1 N–H and O–H groups in total. The standard InChI is InChI=1S/C27H24BrN3O3S/c1-16-7-9-18(19(28)14-16)22-11-12-24(34-22)26-25(20-6-4-5-13-29-20)30-27(35)31(26)21-15-17(32-2)8-10-23(21)33-3/h4-15,25-26H,1-3H3,(H,30,35)/t25-,26-/m0/s1. The maximum atomic E-state index is 6.49. The van der Waals surface area contributed by atoms with Gasteiger partial charge in [0.25, 0.3) is 0 Å². The third kappa shape index (κ3) is 4.39. The second-order valence-electron chi connectivity index (χ2n) is 8.22. The Morgan fingerprint density at radius 2 is 1.89 bits per heavy atom. The first-order chi connectivity index (χ1) is 17.0. The van der Waals surface area contributed by atoms with Crippen LogP contribution in [-0.4, -0.2) is 24.3 Å². The first-order valence-electron chi connectivity index (χ1n) is 11.1. The van der Waals surface area contributed by atoms with Gasteiger partial charge in [-0.15, -0.1) is 0 Å². The van der Waals surface area contributed by atoms with Crippen LogP contribution in [0.5, 0.6) is 11.5 Å². The van der Waals surface area contributed by atoms with Crippen molar-refractivity contribution in [2.45, 2.75) is 19.0 Å². The number of hydrogen-bond acceptors (Lipinski definition) is 5. The van der Waals surface area contributed by atoms with Crippen LogP contribution in [0.2, 0.25) is 0 Å². The molecular weight excluding hydrogens is 526 g/mol. The van der Waals surface area contributed by atoms with Gasteiger partial charge in [-0.05, 0) is 73.2 Å². The Labute approximate surface area is 218 Å². The van der Waals surface area contributed by atoms with Crippen molar-refractivity contribution < 1.29 is 13.9 Å². The van der Waals surface area contributed by atoms with E-state index < -0.39 is 0 Å². The third-order valence-corrected chi connectivity index (χ3v) is 7.02. The average molecular weight is 550 g/mol. The van der Waals surface area contributed by atoms with Gasteiger partial charge in [0.15, 0.2) is 5.11 Å². The van der Waals surface area contributed by atoms with Gasteiger partial charge in [-0.1, -0.05) is 28.1 Å². The summed E-state index contributed by atoms with van der Waals surface area (Å²) < 4.78 is 18.7. The molecule has 178 valence electrons. The molecule has 0 saturated carbocycles. The van der Waals surface area contributed by atoms with Gasteiger partial charge in [0, 0.05) is 22.3 Å². The highest BCUT2D eigenvalue weighted by atomic mass is 79.9. The topological polar surface area (TPSA) is 59.8 Å². The summed E-state index contributed by atoms with van der Waals surface area (Å²) in [4.78, 5) is 6.63. The van der Waals surface area contributed by atoms with E-state index in [2.05, 4.69) is 51.4 Å². The lowest BCUT2D eigenvalue weighted by Crippen LogP contribution is -2.29. The zero-order chi connectivity index (χ0) is 24.5. The molecule has 1 aliphatic heterocycles. The molecule has 6 nitrogen and oxygen atoms in total.